The maximum Gasteiger partial charge on any atom is 0.264 e. The van der Waals surface area contributed by atoms with E-state index >= 15 is 0 Å². The van der Waals surface area contributed by atoms with Crippen LogP contribution in [-0.2, 0) is 27.8 Å². The van der Waals surface area contributed by atoms with Crippen molar-refractivity contribution in [1.82, 2.24) is 9.62 Å². The van der Waals surface area contributed by atoms with Crippen LogP contribution in [0, 0.1) is 11.8 Å². The first-order valence-electron chi connectivity index (χ1n) is 14.4. The van der Waals surface area contributed by atoms with Crippen LogP contribution < -0.4 is 14.4 Å². The van der Waals surface area contributed by atoms with Gasteiger partial charge in [0, 0.05) is 24.7 Å². The van der Waals surface area contributed by atoms with E-state index in [1.165, 1.54) is 6.07 Å². The van der Waals surface area contributed by atoms with Gasteiger partial charge in [0.25, 0.3) is 15.9 Å². The van der Waals surface area contributed by atoms with E-state index in [-0.39, 0.29) is 16.7 Å². The average molecular weight is 602 g/mol. The number of anilines is 1. The van der Waals surface area contributed by atoms with Crippen LogP contribution in [0.4, 0.5) is 5.69 Å². The van der Waals surface area contributed by atoms with Gasteiger partial charge in [-0.2, -0.15) is 0 Å². The molecule has 41 heavy (non-hydrogen) atoms. The topological polar surface area (TPSA) is 99.2 Å². The third kappa shape index (κ3) is 6.43. The van der Waals surface area contributed by atoms with Crippen LogP contribution in [0.3, 0.4) is 0 Å². The molecule has 5 rings (SSSR count). The van der Waals surface area contributed by atoms with E-state index < -0.39 is 27.6 Å². The van der Waals surface area contributed by atoms with Gasteiger partial charge in [0.05, 0.1) is 22.2 Å². The molecule has 2 aromatic carbocycles. The number of sulfonamides is 1. The second-order valence-corrected chi connectivity index (χ2v) is 14.1. The number of amides is 1. The summed E-state index contributed by atoms with van der Waals surface area (Å²) in [6, 6.07) is 10.6. The lowest BCUT2D eigenvalue weighted by Crippen LogP contribution is -2.54. The number of nitrogens with one attached hydrogen (secondary N) is 1. The first-order chi connectivity index (χ1) is 19.5. The molecule has 10 heteroatoms. The Morgan fingerprint density at radius 1 is 1.10 bits per heavy atom. The number of halogens is 1. The van der Waals surface area contributed by atoms with Crippen molar-refractivity contribution >= 4 is 33.2 Å². The lowest BCUT2D eigenvalue weighted by molar-refractivity contribution is -0.128. The van der Waals surface area contributed by atoms with Crippen LogP contribution in [-0.4, -0.2) is 62.7 Å². The monoisotopic (exact) mass is 601 g/mol. The molecule has 0 aromatic heterocycles. The quantitative estimate of drug-likeness (QED) is 0.428. The molecule has 1 saturated carbocycles. The minimum atomic E-state index is -4.15. The number of carbonyl (C=O) groups excluding carboxylic acids is 1. The second kappa shape index (κ2) is 12.0. The highest BCUT2D eigenvalue weighted by Gasteiger charge is 2.38. The molecular weight excluding hydrogens is 562 g/mol. The van der Waals surface area contributed by atoms with E-state index in [1.54, 1.807) is 37.9 Å². The first kappa shape index (κ1) is 29.9. The number of aliphatic hydroxyl groups excluding tert-OH is 1. The van der Waals surface area contributed by atoms with Crippen molar-refractivity contribution < 1.29 is 23.1 Å². The standard InChI is InChI=1S/C31H40ClN3O5S/c1-31(2)30(37)33-41(38,39)25-12-14-29-27(18-25)35(19-22-10-13-26(22)28(36)8-6-15-34(31)3)16-5-4-7-21-17-24(32)11-9-23(21)20-40-29/h6,8-9,11-12,14,17-18,22,26,28,36H,4-5,7,10,13,15-16,19-20H2,1-3H3,(H,33,37)/b8-6+/t22-,26+,28-/m0/s1. The largest absolute Gasteiger partial charge is 0.487 e. The predicted molar refractivity (Wildman–Crippen MR) is 161 cm³/mol. The Hall–Kier alpha value is -2.59. The highest BCUT2D eigenvalue weighted by atomic mass is 35.5. The van der Waals surface area contributed by atoms with Gasteiger partial charge >= 0.3 is 0 Å². The zero-order valence-corrected chi connectivity index (χ0v) is 25.5. The van der Waals surface area contributed by atoms with Crippen molar-refractivity contribution in [1.29, 1.82) is 0 Å². The van der Waals surface area contributed by atoms with Crippen LogP contribution >= 0.6 is 11.6 Å². The third-order valence-electron chi connectivity index (χ3n) is 9.08. The summed E-state index contributed by atoms with van der Waals surface area (Å²) in [6.07, 6.45) is 7.71. The number of hydrogen-bond acceptors (Lipinski definition) is 7. The summed E-state index contributed by atoms with van der Waals surface area (Å²) in [5.41, 5.74) is 1.77. The third-order valence-corrected chi connectivity index (χ3v) is 10.6. The highest BCUT2D eigenvalue weighted by molar-refractivity contribution is 7.90. The van der Waals surface area contributed by atoms with Crippen molar-refractivity contribution in [3.8, 4) is 5.75 Å². The number of aryl methyl sites for hydroxylation is 1. The predicted octanol–water partition coefficient (Wildman–Crippen LogP) is 4.53. The SMILES string of the molecule is CN1C/C=C/[C@H](O)[C@@H]2CC[C@H]2CN2CCCCc3cc(Cl)ccc3COc3ccc(cc32)S(=O)(=O)NC(=O)C1(C)C. The molecule has 0 unspecified atom stereocenters. The summed E-state index contributed by atoms with van der Waals surface area (Å²) in [6.45, 7) is 5.47. The summed E-state index contributed by atoms with van der Waals surface area (Å²) in [5, 5.41) is 11.7. The van der Waals surface area contributed by atoms with Gasteiger partial charge in [-0.15, -0.1) is 0 Å². The van der Waals surface area contributed by atoms with Gasteiger partial charge in [0.1, 0.15) is 12.4 Å². The summed E-state index contributed by atoms with van der Waals surface area (Å²) in [5.74, 6) is 0.322. The molecule has 3 atom stereocenters. The minimum absolute atomic E-state index is 0.0101. The molecular formula is C31H40ClN3O5S. The fourth-order valence-electron chi connectivity index (χ4n) is 5.85. The van der Waals surface area contributed by atoms with E-state index in [0.29, 0.717) is 42.7 Å². The number of likely N-dealkylation sites (N-methyl/N-ethyl adjacent to an activating group) is 1. The number of carbonyl (C=O) groups is 1. The fraction of sp³-hybridized carbons (Fsp3) is 0.516. The van der Waals surface area contributed by atoms with Gasteiger partial charge in [-0.25, -0.2) is 13.1 Å². The van der Waals surface area contributed by atoms with Crippen molar-refractivity contribution in [3.63, 3.8) is 0 Å². The lowest BCUT2D eigenvalue weighted by atomic mass is 9.70. The molecule has 1 aliphatic carbocycles. The molecule has 2 aliphatic heterocycles. The Morgan fingerprint density at radius 2 is 1.90 bits per heavy atom. The fourth-order valence-corrected chi connectivity index (χ4v) is 7.17. The Kier molecular flexibility index (Phi) is 8.71. The minimum Gasteiger partial charge on any atom is -0.487 e. The van der Waals surface area contributed by atoms with Crippen LogP contribution in [0.25, 0.3) is 0 Å². The molecule has 1 amide bonds. The zero-order chi connectivity index (χ0) is 29.4. The van der Waals surface area contributed by atoms with E-state index in [2.05, 4.69) is 9.62 Å². The van der Waals surface area contributed by atoms with Gasteiger partial charge in [0.2, 0.25) is 0 Å². The lowest BCUT2D eigenvalue weighted by Gasteiger charge is -2.42. The maximum absolute atomic E-state index is 13.5. The highest BCUT2D eigenvalue weighted by Crippen LogP contribution is 2.41. The average Bonchev–Trinajstić information content (AvgIpc) is 2.93. The number of nitrogens with zero attached hydrogens (tertiary/aromatic N) is 2. The second-order valence-electron chi connectivity index (χ2n) is 12.0. The Balaban J connectivity index is 1.57. The van der Waals surface area contributed by atoms with E-state index in [4.69, 9.17) is 16.3 Å². The summed E-state index contributed by atoms with van der Waals surface area (Å²) < 4.78 is 35.7. The van der Waals surface area contributed by atoms with E-state index in [0.717, 1.165) is 43.2 Å². The molecule has 2 aromatic rings. The molecule has 8 nitrogen and oxygen atoms in total. The molecule has 2 bridgehead atoms. The summed E-state index contributed by atoms with van der Waals surface area (Å²) in [7, 11) is -2.39. The Labute approximate surface area is 248 Å². The molecule has 0 radical (unpaired) electrons. The summed E-state index contributed by atoms with van der Waals surface area (Å²) >= 11 is 6.29. The van der Waals surface area contributed by atoms with Crippen LogP contribution in [0.2, 0.25) is 5.02 Å². The summed E-state index contributed by atoms with van der Waals surface area (Å²) in [4.78, 5) is 17.2. The normalized spacial score (nSPS) is 27.6. The first-order valence-corrected chi connectivity index (χ1v) is 16.2. The van der Waals surface area contributed by atoms with Crippen LogP contribution in [0.5, 0.6) is 5.75 Å². The van der Waals surface area contributed by atoms with Crippen LogP contribution in [0.15, 0.2) is 53.4 Å². The van der Waals surface area contributed by atoms with Crippen molar-refractivity contribution in [3.05, 3.63) is 64.7 Å². The molecule has 1 fully saturated rings. The molecule has 2 N–H and O–H groups in total. The molecule has 0 spiro atoms. The van der Waals surface area contributed by atoms with Gasteiger partial charge in [-0.05, 0) is 106 Å². The zero-order valence-electron chi connectivity index (χ0n) is 24.0. The Morgan fingerprint density at radius 3 is 2.66 bits per heavy atom. The number of fused-ring (bicyclic) bond motifs is 3. The van der Waals surface area contributed by atoms with Gasteiger partial charge in [0.15, 0.2) is 0 Å². The molecule has 222 valence electrons. The van der Waals surface area contributed by atoms with Gasteiger partial charge in [-0.3, -0.25) is 9.69 Å². The van der Waals surface area contributed by atoms with Crippen molar-refractivity contribution in [2.24, 2.45) is 11.8 Å². The van der Waals surface area contributed by atoms with Crippen LogP contribution in [0.1, 0.15) is 50.7 Å². The van der Waals surface area contributed by atoms with Crippen molar-refractivity contribution in [2.75, 3.05) is 31.6 Å². The van der Waals surface area contributed by atoms with Gasteiger partial charge in [-0.1, -0.05) is 29.8 Å². The smallest absolute Gasteiger partial charge is 0.264 e. The number of ether oxygens (including phenoxy) is 1. The van der Waals surface area contributed by atoms with Crippen molar-refractivity contribution in [2.45, 2.75) is 69.1 Å². The molecule has 3 aliphatic rings. The number of rotatable bonds is 0. The Bertz CT molecular complexity index is 1430. The number of aliphatic hydroxyl groups is 1. The van der Waals surface area contributed by atoms with E-state index in [1.807, 2.05) is 30.4 Å². The van der Waals surface area contributed by atoms with E-state index in [9.17, 15) is 18.3 Å². The molecule has 2 heterocycles. The molecule has 0 saturated heterocycles. The number of benzene rings is 2. The number of hydrogen-bond donors (Lipinski definition) is 2. The maximum atomic E-state index is 13.5. The van der Waals surface area contributed by atoms with Gasteiger partial charge < -0.3 is 14.7 Å².